The van der Waals surface area contributed by atoms with Crippen molar-refractivity contribution in [1.29, 1.82) is 0 Å². The molecular formula is C75H52N2. The van der Waals surface area contributed by atoms with Gasteiger partial charge in [0.2, 0.25) is 0 Å². The molecule has 0 spiro atoms. The summed E-state index contributed by atoms with van der Waals surface area (Å²) >= 11 is 0. The second-order valence-corrected chi connectivity index (χ2v) is 21.3. The van der Waals surface area contributed by atoms with E-state index in [2.05, 4.69) is 303 Å². The molecule has 0 N–H and O–H groups in total. The van der Waals surface area contributed by atoms with Gasteiger partial charge in [-0.2, -0.15) is 0 Å². The van der Waals surface area contributed by atoms with Crippen molar-refractivity contribution in [3.05, 3.63) is 288 Å². The second kappa shape index (κ2) is 17.7. The summed E-state index contributed by atoms with van der Waals surface area (Å²) in [5, 5.41) is 15.3. The van der Waals surface area contributed by atoms with E-state index < -0.39 is 0 Å². The van der Waals surface area contributed by atoms with Crippen molar-refractivity contribution >= 4 is 123 Å². The van der Waals surface area contributed by atoms with E-state index in [0.29, 0.717) is 0 Å². The number of fused-ring (bicyclic) bond motifs is 3. The molecule has 1 aliphatic carbocycles. The summed E-state index contributed by atoms with van der Waals surface area (Å²) in [6.07, 6.45) is 8.78. The van der Waals surface area contributed by atoms with E-state index in [0.717, 1.165) is 45.3 Å². The van der Waals surface area contributed by atoms with E-state index in [4.69, 9.17) is 0 Å². The zero-order valence-electron chi connectivity index (χ0n) is 43.0. The zero-order chi connectivity index (χ0) is 51.2. The van der Waals surface area contributed by atoms with E-state index in [1.165, 1.54) is 98.0 Å². The molecule has 0 bridgehead atoms. The van der Waals surface area contributed by atoms with Gasteiger partial charge in [0.05, 0.1) is 11.4 Å². The minimum atomic E-state index is -0.322. The number of anilines is 6. The molecule has 0 saturated heterocycles. The van der Waals surface area contributed by atoms with Crippen LogP contribution in [0, 0.1) is 0 Å². The van der Waals surface area contributed by atoms with Gasteiger partial charge < -0.3 is 9.80 Å². The lowest BCUT2D eigenvalue weighted by atomic mass is 9.82. The number of rotatable bonds is 10. The molecule has 0 amide bonds. The summed E-state index contributed by atoms with van der Waals surface area (Å²) in [5.41, 5.74) is 16.3. The summed E-state index contributed by atoms with van der Waals surface area (Å²) in [6.45, 7) is 4.82. The van der Waals surface area contributed by atoms with Crippen LogP contribution in [0.25, 0.3) is 100 Å². The molecule has 0 atom stereocenters. The average Bonchev–Trinajstić information content (AvgIpc) is 3.79. The summed E-state index contributed by atoms with van der Waals surface area (Å²) in [7, 11) is 0. The topological polar surface area (TPSA) is 6.48 Å². The third-order valence-corrected chi connectivity index (χ3v) is 16.5. The van der Waals surface area contributed by atoms with Crippen LogP contribution in [0.4, 0.5) is 34.1 Å². The van der Waals surface area contributed by atoms with E-state index in [1.807, 2.05) is 0 Å². The number of nitrogens with zero attached hydrogens (tertiary/aromatic N) is 2. The lowest BCUT2D eigenvalue weighted by Gasteiger charge is -2.30. The molecule has 14 aromatic rings. The first-order chi connectivity index (χ1) is 37.9. The Hall–Kier alpha value is -9.76. The highest BCUT2D eigenvalue weighted by Gasteiger charge is 2.37. The van der Waals surface area contributed by atoms with E-state index >= 15 is 0 Å². The Bertz CT molecular complexity index is 4300. The molecule has 14 aromatic carbocycles. The Morgan fingerprint density at radius 1 is 0.273 bits per heavy atom. The highest BCUT2D eigenvalue weighted by Crippen LogP contribution is 2.54. The number of benzene rings is 14. The third kappa shape index (κ3) is 7.40. The van der Waals surface area contributed by atoms with Crippen LogP contribution in [0.2, 0.25) is 0 Å². The Morgan fingerprint density at radius 3 is 0.987 bits per heavy atom. The molecule has 0 saturated carbocycles. The van der Waals surface area contributed by atoms with Gasteiger partial charge in [-0.05, 0) is 159 Å². The first-order valence-electron chi connectivity index (χ1n) is 26.8. The van der Waals surface area contributed by atoms with Crippen molar-refractivity contribution in [2.45, 2.75) is 19.3 Å². The first kappa shape index (κ1) is 44.7. The molecule has 0 aromatic heterocycles. The van der Waals surface area contributed by atoms with Crippen molar-refractivity contribution in [1.82, 2.24) is 0 Å². The predicted octanol–water partition coefficient (Wildman–Crippen LogP) is 21.1. The van der Waals surface area contributed by atoms with Gasteiger partial charge in [0.1, 0.15) is 0 Å². The molecular weight excluding hydrogens is 929 g/mol. The van der Waals surface area contributed by atoms with Crippen molar-refractivity contribution in [3.63, 3.8) is 0 Å². The predicted molar refractivity (Wildman–Crippen MR) is 332 cm³/mol. The van der Waals surface area contributed by atoms with Crippen LogP contribution in [0.3, 0.4) is 0 Å². The summed E-state index contributed by atoms with van der Waals surface area (Å²) in [6, 6.07) is 94.4. The van der Waals surface area contributed by atoms with Gasteiger partial charge in [0, 0.05) is 38.9 Å². The molecule has 0 unspecified atom stereocenters. The summed E-state index contributed by atoms with van der Waals surface area (Å²) in [4.78, 5) is 4.96. The maximum atomic E-state index is 2.48. The Kier molecular flexibility index (Phi) is 10.3. The SMILES string of the molecule is CC1(C)c2cc(N(c3ccc(/C=C/c4ccccc4)cc3)c3ccc4ccc5cccc6ccc3c4c56)ccc2-c2ccc(N(c3ccc(/C=C/c4ccccc4)cc3)c3ccc4ccc5cccc6ccc3c4c56)cc21. The molecule has 15 rings (SSSR count). The van der Waals surface area contributed by atoms with Crippen molar-refractivity contribution in [3.8, 4) is 11.1 Å². The van der Waals surface area contributed by atoms with Crippen LogP contribution >= 0.6 is 0 Å². The fraction of sp³-hybridized carbons (Fsp3) is 0.0400. The van der Waals surface area contributed by atoms with E-state index in [9.17, 15) is 0 Å². The lowest BCUT2D eigenvalue weighted by molar-refractivity contribution is 0.660. The average molecular weight is 981 g/mol. The molecule has 1 aliphatic rings. The largest absolute Gasteiger partial charge is 0.310 e. The highest BCUT2D eigenvalue weighted by molar-refractivity contribution is 6.27. The summed E-state index contributed by atoms with van der Waals surface area (Å²) < 4.78 is 0. The number of hydrogen-bond donors (Lipinski definition) is 0. The monoisotopic (exact) mass is 980 g/mol. The van der Waals surface area contributed by atoms with Crippen LogP contribution in [0.5, 0.6) is 0 Å². The van der Waals surface area contributed by atoms with Crippen LogP contribution in [0.1, 0.15) is 47.2 Å². The Morgan fingerprint density at radius 2 is 0.597 bits per heavy atom. The molecule has 0 radical (unpaired) electrons. The van der Waals surface area contributed by atoms with Crippen LogP contribution in [-0.2, 0) is 5.41 Å². The molecule has 0 fully saturated rings. The second-order valence-electron chi connectivity index (χ2n) is 21.3. The first-order valence-corrected chi connectivity index (χ1v) is 26.8. The smallest absolute Gasteiger partial charge is 0.0540 e. The molecule has 2 heteroatoms. The van der Waals surface area contributed by atoms with Gasteiger partial charge in [-0.15, -0.1) is 0 Å². The van der Waals surface area contributed by atoms with Gasteiger partial charge in [-0.1, -0.05) is 232 Å². The summed E-state index contributed by atoms with van der Waals surface area (Å²) in [5.74, 6) is 0. The third-order valence-electron chi connectivity index (χ3n) is 16.5. The van der Waals surface area contributed by atoms with E-state index in [1.54, 1.807) is 0 Å². The highest BCUT2D eigenvalue weighted by atomic mass is 15.1. The molecule has 77 heavy (non-hydrogen) atoms. The zero-order valence-corrected chi connectivity index (χ0v) is 43.0. The van der Waals surface area contributed by atoms with Gasteiger partial charge in [0.15, 0.2) is 0 Å². The van der Waals surface area contributed by atoms with Gasteiger partial charge >= 0.3 is 0 Å². The van der Waals surface area contributed by atoms with Crippen LogP contribution < -0.4 is 9.80 Å². The van der Waals surface area contributed by atoms with Gasteiger partial charge in [0.25, 0.3) is 0 Å². The molecule has 362 valence electrons. The number of hydrogen-bond acceptors (Lipinski definition) is 2. The van der Waals surface area contributed by atoms with Crippen LogP contribution in [0.15, 0.2) is 255 Å². The normalized spacial score (nSPS) is 13.1. The standard InChI is InChI=1S/C75H52N2/c1-75(2)67-47-61(76(59-35-23-51(24-36-59)21-19-49-11-5-3-6-12-49)69-45-33-57-29-27-53-15-9-17-55-31-41-65(69)73(57)71(53)55)39-43-63(67)64-44-40-62(48-68(64)75)77(60-37-25-52(26-38-60)22-20-50-13-7-4-8-14-50)70-46-34-58-30-28-54-16-10-18-56-32-42-66(70)74(58)72(54)56/h3-48H,1-2H3/b21-19+,22-20+. The minimum absolute atomic E-state index is 0.322. The lowest BCUT2D eigenvalue weighted by Crippen LogP contribution is -2.18. The Labute approximate surface area is 449 Å². The maximum Gasteiger partial charge on any atom is 0.0540 e. The van der Waals surface area contributed by atoms with Gasteiger partial charge in [-0.25, -0.2) is 0 Å². The quantitative estimate of drug-likeness (QED) is 0.0995. The van der Waals surface area contributed by atoms with E-state index in [-0.39, 0.29) is 5.41 Å². The maximum absolute atomic E-state index is 2.48. The van der Waals surface area contributed by atoms with Gasteiger partial charge in [-0.3, -0.25) is 0 Å². The minimum Gasteiger partial charge on any atom is -0.310 e. The Balaban J connectivity index is 0.863. The molecule has 2 nitrogen and oxygen atoms in total. The fourth-order valence-corrected chi connectivity index (χ4v) is 12.7. The molecule has 0 heterocycles. The van der Waals surface area contributed by atoms with Crippen LogP contribution in [-0.4, -0.2) is 0 Å². The fourth-order valence-electron chi connectivity index (χ4n) is 12.7. The van der Waals surface area contributed by atoms with Crippen molar-refractivity contribution in [2.75, 3.05) is 9.80 Å². The van der Waals surface area contributed by atoms with Crippen molar-refractivity contribution in [2.24, 2.45) is 0 Å². The molecule has 0 aliphatic heterocycles. The van der Waals surface area contributed by atoms with Crippen molar-refractivity contribution < 1.29 is 0 Å².